The number of rotatable bonds is 5. The number of pyridine rings is 1. The Labute approximate surface area is 171 Å². The highest BCUT2D eigenvalue weighted by molar-refractivity contribution is 5.98. The van der Waals surface area contributed by atoms with Gasteiger partial charge >= 0.3 is 5.97 Å². The number of carbonyl (C=O) groups is 1. The molecule has 3 aromatic heterocycles. The number of esters is 1. The van der Waals surface area contributed by atoms with Gasteiger partial charge in [0, 0.05) is 24.8 Å². The van der Waals surface area contributed by atoms with Crippen molar-refractivity contribution in [2.75, 3.05) is 12.4 Å². The number of hydrogen-bond acceptors (Lipinski definition) is 6. The van der Waals surface area contributed by atoms with Gasteiger partial charge in [0.25, 0.3) is 0 Å². The molecule has 1 aromatic carbocycles. The third-order valence-corrected chi connectivity index (χ3v) is 4.66. The quantitative estimate of drug-likeness (QED) is 0.470. The van der Waals surface area contributed by atoms with Crippen molar-refractivity contribution in [1.82, 2.24) is 19.9 Å². The predicted octanol–water partition coefficient (Wildman–Crippen LogP) is 4.50. The zero-order chi connectivity index (χ0) is 21.3. The van der Waals surface area contributed by atoms with E-state index in [-0.39, 0.29) is 30.5 Å². The fourth-order valence-electron chi connectivity index (χ4n) is 3.06. The minimum Gasteiger partial charge on any atom is -0.465 e. The molecule has 4 aromatic rings. The van der Waals surface area contributed by atoms with Crippen molar-refractivity contribution in [1.29, 1.82) is 0 Å². The van der Waals surface area contributed by atoms with Crippen LogP contribution in [0, 0.1) is 11.6 Å². The lowest BCUT2D eigenvalue weighted by Crippen LogP contribution is -2.10. The van der Waals surface area contributed by atoms with E-state index in [0.29, 0.717) is 16.6 Å². The Hall–Kier alpha value is -3.88. The van der Waals surface area contributed by atoms with Crippen LogP contribution in [-0.2, 0) is 4.74 Å². The molecule has 0 unspecified atom stereocenters. The second kappa shape index (κ2) is 7.86. The molecule has 1 atom stereocenters. The second-order valence-corrected chi connectivity index (χ2v) is 6.62. The smallest absolute Gasteiger partial charge is 0.339 e. The number of benzene rings is 1. The number of halogens is 2. The molecular formula is C21H19F2N5O2. The van der Waals surface area contributed by atoms with Gasteiger partial charge < -0.3 is 15.0 Å². The normalized spacial score (nSPS) is 12.0. The number of aromatic nitrogens is 4. The van der Waals surface area contributed by atoms with Crippen molar-refractivity contribution in [2.24, 2.45) is 0 Å². The number of ether oxygens (including phenoxy) is 1. The standard InChI is InChI=1S/C21H17F2N5O2.H2/c1-11(12-3-5-14(22)6-4-12)27-20-17(23)10-26-19(28-20)16-9-25-18-15(16)7-13(8-24-18)21(29)30-2;/h3-11H,1-2H3,(H,24,25)(H,26,27,28);1H/t11-;/m0./s1. The Morgan fingerprint density at radius 3 is 2.70 bits per heavy atom. The molecule has 9 heteroatoms. The summed E-state index contributed by atoms with van der Waals surface area (Å²) in [5.41, 5.74) is 2.13. The molecule has 0 fully saturated rings. The third kappa shape index (κ3) is 3.69. The summed E-state index contributed by atoms with van der Waals surface area (Å²) in [6.45, 7) is 1.81. The van der Waals surface area contributed by atoms with Crippen LogP contribution in [0.1, 0.15) is 30.3 Å². The molecule has 0 bridgehead atoms. The van der Waals surface area contributed by atoms with Gasteiger partial charge in [-0.15, -0.1) is 0 Å². The summed E-state index contributed by atoms with van der Waals surface area (Å²) < 4.78 is 32.2. The van der Waals surface area contributed by atoms with Gasteiger partial charge in [0.2, 0.25) is 0 Å². The number of nitrogens with zero attached hydrogens (tertiary/aromatic N) is 3. The maximum atomic E-state index is 14.4. The van der Waals surface area contributed by atoms with Crippen molar-refractivity contribution in [3.05, 3.63) is 71.7 Å². The molecule has 0 saturated carbocycles. The zero-order valence-corrected chi connectivity index (χ0v) is 16.1. The molecule has 4 rings (SSSR count). The summed E-state index contributed by atoms with van der Waals surface area (Å²) in [6, 6.07) is 7.21. The fourth-order valence-corrected chi connectivity index (χ4v) is 3.06. The van der Waals surface area contributed by atoms with Crippen molar-refractivity contribution in [3.8, 4) is 11.4 Å². The number of hydrogen-bond donors (Lipinski definition) is 2. The van der Waals surface area contributed by atoms with E-state index in [9.17, 15) is 13.6 Å². The number of aromatic amines is 1. The summed E-state index contributed by atoms with van der Waals surface area (Å²) >= 11 is 0. The average molecular weight is 411 g/mol. The first-order chi connectivity index (χ1) is 14.5. The first-order valence-electron chi connectivity index (χ1n) is 9.06. The van der Waals surface area contributed by atoms with E-state index in [1.807, 2.05) is 6.92 Å². The summed E-state index contributed by atoms with van der Waals surface area (Å²) in [6.07, 6.45) is 4.11. The molecule has 30 heavy (non-hydrogen) atoms. The summed E-state index contributed by atoms with van der Waals surface area (Å²) in [7, 11) is 1.29. The van der Waals surface area contributed by atoms with Crippen LogP contribution in [0.5, 0.6) is 0 Å². The fraction of sp³-hybridized carbons (Fsp3) is 0.143. The minimum absolute atomic E-state index is 0. The van der Waals surface area contributed by atoms with Gasteiger partial charge in [-0.2, -0.15) is 0 Å². The van der Waals surface area contributed by atoms with Crippen LogP contribution >= 0.6 is 0 Å². The molecular weight excluding hydrogens is 392 g/mol. The Morgan fingerprint density at radius 1 is 1.20 bits per heavy atom. The Bertz CT molecular complexity index is 1230. The van der Waals surface area contributed by atoms with Crippen LogP contribution in [0.15, 0.2) is 48.9 Å². The Morgan fingerprint density at radius 2 is 1.97 bits per heavy atom. The molecule has 0 amide bonds. The monoisotopic (exact) mass is 411 g/mol. The summed E-state index contributed by atoms with van der Waals surface area (Å²) in [5, 5.41) is 3.59. The average Bonchev–Trinajstić information content (AvgIpc) is 3.18. The highest BCUT2D eigenvalue weighted by atomic mass is 19.1. The lowest BCUT2D eigenvalue weighted by Gasteiger charge is -2.16. The van der Waals surface area contributed by atoms with Gasteiger partial charge in [-0.1, -0.05) is 12.1 Å². The number of methoxy groups -OCH3 is 1. The molecule has 3 heterocycles. The molecule has 0 aliphatic carbocycles. The topological polar surface area (TPSA) is 92.8 Å². The zero-order valence-electron chi connectivity index (χ0n) is 16.1. The van der Waals surface area contributed by atoms with Crippen molar-refractivity contribution in [3.63, 3.8) is 0 Å². The van der Waals surface area contributed by atoms with Crippen molar-refractivity contribution >= 4 is 22.8 Å². The van der Waals surface area contributed by atoms with Gasteiger partial charge in [0.1, 0.15) is 11.5 Å². The summed E-state index contributed by atoms with van der Waals surface area (Å²) in [4.78, 5) is 27.4. The highest BCUT2D eigenvalue weighted by Gasteiger charge is 2.17. The first-order valence-corrected chi connectivity index (χ1v) is 9.06. The lowest BCUT2D eigenvalue weighted by atomic mass is 10.1. The van der Waals surface area contributed by atoms with Crippen LogP contribution in [0.2, 0.25) is 0 Å². The van der Waals surface area contributed by atoms with Crippen molar-refractivity contribution in [2.45, 2.75) is 13.0 Å². The molecule has 154 valence electrons. The van der Waals surface area contributed by atoms with E-state index in [1.165, 1.54) is 25.4 Å². The molecule has 0 spiro atoms. The maximum absolute atomic E-state index is 14.4. The number of carbonyl (C=O) groups excluding carboxylic acids is 1. The van der Waals surface area contributed by atoms with E-state index in [1.54, 1.807) is 24.4 Å². The van der Waals surface area contributed by atoms with Crippen LogP contribution in [0.4, 0.5) is 14.6 Å². The lowest BCUT2D eigenvalue weighted by molar-refractivity contribution is 0.0600. The Balaban J connectivity index is 0.00000272. The van der Waals surface area contributed by atoms with E-state index >= 15 is 0 Å². The Kier molecular flexibility index (Phi) is 5.09. The second-order valence-electron chi connectivity index (χ2n) is 6.62. The third-order valence-electron chi connectivity index (χ3n) is 4.66. The summed E-state index contributed by atoms with van der Waals surface area (Å²) in [5.74, 6) is -1.24. The minimum atomic E-state index is -0.624. The number of H-pyrrole nitrogens is 1. The van der Waals surface area contributed by atoms with Crippen LogP contribution < -0.4 is 5.32 Å². The molecule has 7 nitrogen and oxygen atoms in total. The maximum Gasteiger partial charge on any atom is 0.339 e. The molecule has 0 saturated heterocycles. The van der Waals surface area contributed by atoms with Gasteiger partial charge in [0.05, 0.1) is 24.9 Å². The van der Waals surface area contributed by atoms with E-state index < -0.39 is 11.8 Å². The van der Waals surface area contributed by atoms with E-state index in [2.05, 4.69) is 25.3 Å². The number of fused-ring (bicyclic) bond motifs is 1. The van der Waals surface area contributed by atoms with Gasteiger partial charge in [-0.05, 0) is 30.7 Å². The van der Waals surface area contributed by atoms with Crippen LogP contribution in [-0.4, -0.2) is 33.0 Å². The van der Waals surface area contributed by atoms with Crippen LogP contribution in [0.25, 0.3) is 22.4 Å². The van der Waals surface area contributed by atoms with E-state index in [4.69, 9.17) is 4.74 Å². The van der Waals surface area contributed by atoms with Crippen LogP contribution in [0.3, 0.4) is 0 Å². The van der Waals surface area contributed by atoms with E-state index in [0.717, 1.165) is 11.8 Å². The highest BCUT2D eigenvalue weighted by Crippen LogP contribution is 2.28. The first kappa shape index (κ1) is 19.4. The number of nitrogens with one attached hydrogen (secondary N) is 2. The molecule has 0 aliphatic heterocycles. The van der Waals surface area contributed by atoms with Gasteiger partial charge in [0.15, 0.2) is 17.5 Å². The molecule has 2 N–H and O–H groups in total. The largest absolute Gasteiger partial charge is 0.465 e. The van der Waals surface area contributed by atoms with Gasteiger partial charge in [-0.3, -0.25) is 0 Å². The number of anilines is 1. The molecule has 0 radical (unpaired) electrons. The van der Waals surface area contributed by atoms with Crippen molar-refractivity contribution < 1.29 is 19.7 Å². The SMILES string of the molecule is COC(=O)c1cnc2[nH]cc(-c3ncc(F)c(N[C@@H](C)c4ccc(F)cc4)n3)c2c1.[HH]. The molecule has 0 aliphatic rings. The predicted molar refractivity (Wildman–Crippen MR) is 109 cm³/mol. The van der Waals surface area contributed by atoms with Gasteiger partial charge in [-0.25, -0.2) is 28.5 Å².